The van der Waals surface area contributed by atoms with Gasteiger partial charge in [-0.15, -0.1) is 0 Å². The van der Waals surface area contributed by atoms with Gasteiger partial charge in [0.2, 0.25) is 0 Å². The van der Waals surface area contributed by atoms with Crippen LogP contribution in [0.5, 0.6) is 0 Å². The number of cyclic esters (lactones) is 1. The number of ether oxygens (including phenoxy) is 8. The third-order valence-corrected chi connectivity index (χ3v) is 10.8. The maximum Gasteiger partial charge on any atom is 0.330 e. The first kappa shape index (κ1) is 41.9. The molecule has 292 valence electrons. The fraction of sp³-hybridized carbons (Fsp3) is 0.838. The van der Waals surface area contributed by atoms with Gasteiger partial charge < -0.3 is 58.1 Å². The van der Waals surface area contributed by atoms with Crippen molar-refractivity contribution in [3.05, 3.63) is 24.3 Å². The van der Waals surface area contributed by atoms with Crippen LogP contribution in [0.25, 0.3) is 0 Å². The van der Waals surface area contributed by atoms with Crippen LogP contribution in [0, 0.1) is 17.8 Å². The van der Waals surface area contributed by atoms with Crippen molar-refractivity contribution in [3.8, 4) is 0 Å². The number of rotatable bonds is 9. The van der Waals surface area contributed by atoms with Crippen molar-refractivity contribution in [1.29, 1.82) is 0 Å². The Bertz CT molecular complexity index is 1210. The molecule has 17 atom stereocenters. The van der Waals surface area contributed by atoms with E-state index in [9.17, 15) is 24.9 Å². The second-order valence-corrected chi connectivity index (χ2v) is 15.0. The summed E-state index contributed by atoms with van der Waals surface area (Å²) in [5.41, 5.74) is -1.86. The number of hydrogen-bond donors (Lipinski definition) is 3. The number of allylic oxidation sites excluding steroid dienone is 1. The Kier molecular flexibility index (Phi) is 14.8. The number of carbonyl (C=O) groups is 2. The van der Waals surface area contributed by atoms with Gasteiger partial charge in [0.1, 0.15) is 42.7 Å². The van der Waals surface area contributed by atoms with E-state index >= 15 is 0 Å². The van der Waals surface area contributed by atoms with Gasteiger partial charge in [-0.3, -0.25) is 4.79 Å². The zero-order chi connectivity index (χ0) is 37.8. The first-order chi connectivity index (χ1) is 24.1. The lowest BCUT2D eigenvalue weighted by Crippen LogP contribution is -2.60. The molecule has 0 aliphatic carbocycles. The molecular formula is C37H61NO13. The molecule has 0 aromatic carbocycles. The van der Waals surface area contributed by atoms with E-state index in [0.717, 1.165) is 0 Å². The molecule has 0 spiro atoms. The highest BCUT2D eigenvalue weighted by atomic mass is 16.7. The summed E-state index contributed by atoms with van der Waals surface area (Å²) in [4.78, 5) is 28.7. The van der Waals surface area contributed by atoms with Gasteiger partial charge in [0.25, 0.3) is 0 Å². The van der Waals surface area contributed by atoms with Crippen LogP contribution < -0.4 is 0 Å². The molecule has 4 rings (SSSR count). The highest BCUT2D eigenvalue weighted by molar-refractivity contribution is 5.91. The molecule has 0 aromatic heterocycles. The Labute approximate surface area is 302 Å². The third-order valence-electron chi connectivity index (χ3n) is 10.8. The Morgan fingerprint density at radius 1 is 0.882 bits per heavy atom. The van der Waals surface area contributed by atoms with Gasteiger partial charge in [-0.2, -0.15) is 0 Å². The predicted molar refractivity (Wildman–Crippen MR) is 184 cm³/mol. The van der Waals surface area contributed by atoms with Crippen LogP contribution in [0.1, 0.15) is 60.8 Å². The summed E-state index contributed by atoms with van der Waals surface area (Å²) in [6.07, 6.45) is -1.95. The Hall–Kier alpha value is -1.82. The number of carbonyl (C=O) groups excluding carboxylic acids is 2. The number of epoxide rings is 1. The Morgan fingerprint density at radius 3 is 2.20 bits per heavy atom. The van der Waals surface area contributed by atoms with Crippen LogP contribution in [-0.4, -0.2) is 152 Å². The fourth-order valence-electron chi connectivity index (χ4n) is 7.69. The van der Waals surface area contributed by atoms with Crippen molar-refractivity contribution in [2.24, 2.45) is 17.8 Å². The van der Waals surface area contributed by atoms with Gasteiger partial charge in [-0.05, 0) is 65.3 Å². The molecule has 51 heavy (non-hydrogen) atoms. The lowest BCUT2D eigenvalue weighted by atomic mass is 9.84. The summed E-state index contributed by atoms with van der Waals surface area (Å²) < 4.78 is 47.4. The summed E-state index contributed by atoms with van der Waals surface area (Å²) in [7, 11) is 6.70. The topological polar surface area (TPSA) is 175 Å². The van der Waals surface area contributed by atoms with E-state index < -0.39 is 79.1 Å². The molecule has 16 unspecified atom stereocenters. The molecule has 0 aromatic rings. The molecule has 4 aliphatic rings. The number of nitrogens with zero attached hydrogens (tertiary/aromatic N) is 1. The molecule has 3 N–H and O–H groups in total. The second-order valence-electron chi connectivity index (χ2n) is 15.0. The molecule has 0 saturated carbocycles. The van der Waals surface area contributed by atoms with E-state index in [1.54, 1.807) is 26.0 Å². The maximum absolute atomic E-state index is 13.4. The monoisotopic (exact) mass is 727 g/mol. The van der Waals surface area contributed by atoms with Crippen molar-refractivity contribution < 1.29 is 62.8 Å². The molecule has 14 nitrogen and oxygen atoms in total. The van der Waals surface area contributed by atoms with E-state index in [0.29, 0.717) is 12.8 Å². The smallest absolute Gasteiger partial charge is 0.330 e. The number of methoxy groups -OCH3 is 2. The summed E-state index contributed by atoms with van der Waals surface area (Å²) in [6, 6.07) is -0.171. The molecular weight excluding hydrogens is 666 g/mol. The summed E-state index contributed by atoms with van der Waals surface area (Å²) in [5.74, 6) is -1.71. The van der Waals surface area contributed by atoms with Crippen molar-refractivity contribution in [3.63, 3.8) is 0 Å². The van der Waals surface area contributed by atoms with Gasteiger partial charge >= 0.3 is 5.97 Å². The zero-order valence-electron chi connectivity index (χ0n) is 31.7. The number of fused-ring (bicyclic) bond motifs is 1. The van der Waals surface area contributed by atoms with Gasteiger partial charge in [-0.25, -0.2) is 4.79 Å². The van der Waals surface area contributed by atoms with E-state index in [4.69, 9.17) is 37.9 Å². The Balaban J connectivity index is 1.59. The minimum atomic E-state index is -1.86. The van der Waals surface area contributed by atoms with Crippen molar-refractivity contribution in [1.82, 2.24) is 4.90 Å². The van der Waals surface area contributed by atoms with Crippen molar-refractivity contribution >= 4 is 11.8 Å². The number of hydrogen-bond acceptors (Lipinski definition) is 14. The summed E-state index contributed by atoms with van der Waals surface area (Å²) in [6.45, 7) is 10.7. The normalized spacial score (nSPS) is 45.8. The van der Waals surface area contributed by atoms with Crippen LogP contribution in [0.2, 0.25) is 0 Å². The van der Waals surface area contributed by atoms with Crippen LogP contribution in [-0.2, 0) is 47.5 Å². The van der Waals surface area contributed by atoms with E-state index in [1.165, 1.54) is 26.4 Å². The molecule has 3 fully saturated rings. The highest BCUT2D eigenvalue weighted by Gasteiger charge is 2.59. The minimum absolute atomic E-state index is 0.115. The molecule has 0 bridgehead atoms. The number of esters is 1. The van der Waals surface area contributed by atoms with Gasteiger partial charge in [0, 0.05) is 38.2 Å². The zero-order valence-corrected chi connectivity index (χ0v) is 31.7. The van der Waals surface area contributed by atoms with Gasteiger partial charge in [0.15, 0.2) is 24.0 Å². The molecule has 0 radical (unpaired) electrons. The molecule has 4 aliphatic heterocycles. The second kappa shape index (κ2) is 18.0. The number of aliphatic hydroxyl groups is 3. The van der Waals surface area contributed by atoms with Crippen molar-refractivity contribution in [2.45, 2.75) is 146 Å². The average molecular weight is 728 g/mol. The fourth-order valence-corrected chi connectivity index (χ4v) is 7.69. The molecule has 0 amide bonds. The lowest BCUT2D eigenvalue weighted by Gasteiger charge is -2.43. The third kappa shape index (κ3) is 9.84. The van der Waals surface area contributed by atoms with Crippen molar-refractivity contribution in [2.75, 3.05) is 34.9 Å². The Morgan fingerprint density at radius 2 is 1.57 bits per heavy atom. The maximum atomic E-state index is 13.4. The molecule has 4 heterocycles. The summed E-state index contributed by atoms with van der Waals surface area (Å²) >= 11 is 0. The van der Waals surface area contributed by atoms with Crippen LogP contribution in [0.15, 0.2) is 24.3 Å². The van der Waals surface area contributed by atoms with Crippen LogP contribution >= 0.6 is 0 Å². The SMILES string of the molecule is CCC1OC(=O)C=CC(C)C(OC2OC(C)CC(N(C)C)C2O)C(C)CC(C)C(=O)C=CC2OC2[C@]1(O)COC1OC(C)C(O)C(OC)C1OC. The first-order valence-corrected chi connectivity index (χ1v) is 18.2. The van der Waals surface area contributed by atoms with Gasteiger partial charge in [-0.1, -0.05) is 33.8 Å². The average Bonchev–Trinajstić information content (AvgIpc) is 3.88. The summed E-state index contributed by atoms with van der Waals surface area (Å²) in [5, 5.41) is 34.0. The lowest BCUT2D eigenvalue weighted by molar-refractivity contribution is -0.313. The highest BCUT2D eigenvalue weighted by Crippen LogP contribution is 2.40. The standard InChI is InChI=1S/C37H61NO13/c1-11-27-37(43,18-46-36-33(45-10)32(44-9)29(41)23(6)48-36)34-26(49-34)14-13-25(39)20(3)16-21(4)31(19(2)12-15-28(40)50-27)51-35-30(42)24(38(7)8)17-22(5)47-35/h12-15,19-24,26-27,29-36,41-43H,11,16-18H2,1-10H3/t19?,20?,21?,22?,23?,24?,26?,27?,29?,30?,31?,32?,33?,34?,35?,36?,37-/m0/s1. The molecule has 14 heteroatoms. The van der Waals surface area contributed by atoms with Crippen LogP contribution in [0.4, 0.5) is 0 Å². The number of ketones is 1. The number of aliphatic hydroxyl groups excluding tert-OH is 2. The largest absolute Gasteiger partial charge is 0.456 e. The van der Waals surface area contributed by atoms with E-state index in [-0.39, 0.29) is 48.7 Å². The first-order valence-electron chi connectivity index (χ1n) is 18.2. The van der Waals surface area contributed by atoms with Gasteiger partial charge in [0.05, 0.1) is 24.9 Å². The van der Waals surface area contributed by atoms with Crippen LogP contribution in [0.3, 0.4) is 0 Å². The minimum Gasteiger partial charge on any atom is -0.456 e. The number of likely N-dealkylation sites (N-methyl/N-ethyl adjacent to an activating group) is 1. The van der Waals surface area contributed by atoms with E-state index in [2.05, 4.69) is 0 Å². The predicted octanol–water partition coefficient (Wildman–Crippen LogP) is 1.76. The quantitative estimate of drug-likeness (QED) is 0.232. The molecule has 3 saturated heterocycles. The van der Waals surface area contributed by atoms with E-state index in [1.807, 2.05) is 46.7 Å².